The number of benzene rings is 2. The lowest BCUT2D eigenvalue weighted by Gasteiger charge is -2.09. The first-order valence-electron chi connectivity index (χ1n) is 5.69. The molecule has 0 saturated heterocycles. The fourth-order valence-corrected chi connectivity index (χ4v) is 1.95. The summed E-state index contributed by atoms with van der Waals surface area (Å²) in [6, 6.07) is 9.55. The van der Waals surface area contributed by atoms with Crippen LogP contribution in [0.1, 0.15) is 26.9 Å². The molecule has 0 aliphatic heterocycles. The number of aryl methyl sites for hydroxylation is 1. The van der Waals surface area contributed by atoms with Gasteiger partial charge in [-0.1, -0.05) is 24.3 Å². The highest BCUT2D eigenvalue weighted by molar-refractivity contribution is 6.33. The maximum Gasteiger partial charge on any atom is 0.185 e. The molecule has 4 heteroatoms. The molecule has 0 spiro atoms. The van der Waals surface area contributed by atoms with Gasteiger partial charge in [-0.05, 0) is 36.2 Å². The van der Waals surface area contributed by atoms with Crippen LogP contribution >= 0.6 is 11.6 Å². The van der Waals surface area contributed by atoms with Crippen LogP contribution in [-0.4, -0.2) is 5.78 Å². The van der Waals surface area contributed by atoms with Crippen molar-refractivity contribution < 1.29 is 13.6 Å². The normalized spacial score (nSPS) is 12.2. The first-order chi connectivity index (χ1) is 8.99. The minimum absolute atomic E-state index is 0.201. The standard InChI is InChI=1S/C15H11ClF2O/c1-9-2-3-11(8-13(9)18)15(19)14(16)10-4-6-12(17)7-5-10/h2-8,14H,1H3. The third kappa shape index (κ3) is 2.99. The zero-order valence-corrected chi connectivity index (χ0v) is 10.9. The van der Waals surface area contributed by atoms with Crippen LogP contribution < -0.4 is 0 Å². The first kappa shape index (κ1) is 13.7. The van der Waals surface area contributed by atoms with E-state index in [0.717, 1.165) is 6.07 Å². The van der Waals surface area contributed by atoms with Crippen LogP contribution in [0.25, 0.3) is 0 Å². The molecule has 98 valence electrons. The van der Waals surface area contributed by atoms with Crippen molar-refractivity contribution in [3.63, 3.8) is 0 Å². The Morgan fingerprint density at radius 1 is 1.11 bits per heavy atom. The van der Waals surface area contributed by atoms with Gasteiger partial charge in [0.2, 0.25) is 0 Å². The zero-order valence-electron chi connectivity index (χ0n) is 10.2. The number of carbonyl (C=O) groups is 1. The van der Waals surface area contributed by atoms with E-state index in [1.165, 1.54) is 36.4 Å². The summed E-state index contributed by atoms with van der Waals surface area (Å²) in [4.78, 5) is 12.1. The van der Waals surface area contributed by atoms with Gasteiger partial charge in [0, 0.05) is 5.56 Å². The second kappa shape index (κ2) is 5.49. The molecule has 1 atom stereocenters. The maximum atomic E-state index is 13.4. The van der Waals surface area contributed by atoms with Crippen molar-refractivity contribution >= 4 is 17.4 Å². The number of hydrogen-bond donors (Lipinski definition) is 0. The molecule has 0 N–H and O–H groups in total. The molecule has 0 fully saturated rings. The Morgan fingerprint density at radius 2 is 1.74 bits per heavy atom. The molecule has 0 aliphatic rings. The smallest absolute Gasteiger partial charge is 0.185 e. The van der Waals surface area contributed by atoms with E-state index in [4.69, 9.17) is 11.6 Å². The number of halogens is 3. The van der Waals surface area contributed by atoms with Gasteiger partial charge in [0.05, 0.1) is 0 Å². The van der Waals surface area contributed by atoms with Gasteiger partial charge >= 0.3 is 0 Å². The van der Waals surface area contributed by atoms with Crippen LogP contribution in [0.3, 0.4) is 0 Å². The van der Waals surface area contributed by atoms with E-state index in [1.807, 2.05) is 0 Å². The maximum absolute atomic E-state index is 13.4. The lowest BCUT2D eigenvalue weighted by atomic mass is 10.0. The SMILES string of the molecule is Cc1ccc(C(=O)C(Cl)c2ccc(F)cc2)cc1F. The minimum atomic E-state index is -0.956. The van der Waals surface area contributed by atoms with E-state index in [0.29, 0.717) is 11.1 Å². The summed E-state index contributed by atoms with van der Waals surface area (Å²) in [5, 5.41) is -0.956. The van der Waals surface area contributed by atoms with Gasteiger partial charge in [0.15, 0.2) is 5.78 Å². The molecule has 0 radical (unpaired) electrons. The largest absolute Gasteiger partial charge is 0.292 e. The van der Waals surface area contributed by atoms with E-state index in [2.05, 4.69) is 0 Å². The lowest BCUT2D eigenvalue weighted by molar-refractivity contribution is 0.0986. The van der Waals surface area contributed by atoms with Crippen LogP contribution in [0.2, 0.25) is 0 Å². The third-order valence-electron chi connectivity index (χ3n) is 2.85. The van der Waals surface area contributed by atoms with Crippen molar-refractivity contribution in [3.8, 4) is 0 Å². The van der Waals surface area contributed by atoms with E-state index in [9.17, 15) is 13.6 Å². The van der Waals surface area contributed by atoms with Crippen molar-refractivity contribution in [1.29, 1.82) is 0 Å². The predicted octanol–water partition coefficient (Wildman–Crippen LogP) is 4.44. The second-order valence-corrected chi connectivity index (χ2v) is 4.68. The average Bonchev–Trinajstić information content (AvgIpc) is 2.41. The Hall–Kier alpha value is -1.74. The van der Waals surface area contributed by atoms with Crippen molar-refractivity contribution in [2.24, 2.45) is 0 Å². The van der Waals surface area contributed by atoms with Gasteiger partial charge in [0.25, 0.3) is 0 Å². The summed E-state index contributed by atoms with van der Waals surface area (Å²) >= 11 is 6.04. The lowest BCUT2D eigenvalue weighted by Crippen LogP contribution is -2.08. The molecule has 0 bridgehead atoms. The molecular formula is C15H11ClF2O. The summed E-state index contributed by atoms with van der Waals surface area (Å²) in [5.41, 5.74) is 1.14. The van der Waals surface area contributed by atoms with Gasteiger partial charge in [-0.25, -0.2) is 8.78 Å². The number of carbonyl (C=O) groups excluding carboxylic acids is 1. The highest BCUT2D eigenvalue weighted by atomic mass is 35.5. The summed E-state index contributed by atoms with van der Waals surface area (Å²) in [6.45, 7) is 1.61. The quantitative estimate of drug-likeness (QED) is 0.600. The topological polar surface area (TPSA) is 17.1 Å². The number of Topliss-reactive ketones (excluding diaryl/α,β-unsaturated/α-hetero) is 1. The number of rotatable bonds is 3. The monoisotopic (exact) mass is 280 g/mol. The Kier molecular flexibility index (Phi) is 3.96. The van der Waals surface area contributed by atoms with Crippen molar-refractivity contribution in [2.45, 2.75) is 12.3 Å². The Morgan fingerprint density at radius 3 is 2.32 bits per heavy atom. The third-order valence-corrected chi connectivity index (χ3v) is 3.30. The molecule has 0 heterocycles. The van der Waals surface area contributed by atoms with Gasteiger partial charge in [0.1, 0.15) is 17.0 Å². The predicted molar refractivity (Wildman–Crippen MR) is 70.5 cm³/mol. The van der Waals surface area contributed by atoms with Gasteiger partial charge < -0.3 is 0 Å². The second-order valence-electron chi connectivity index (χ2n) is 4.24. The Labute approximate surface area is 114 Å². The van der Waals surface area contributed by atoms with Gasteiger partial charge in [-0.15, -0.1) is 11.6 Å². The minimum Gasteiger partial charge on any atom is -0.292 e. The van der Waals surface area contributed by atoms with Crippen LogP contribution in [-0.2, 0) is 0 Å². The molecule has 1 nitrogen and oxygen atoms in total. The van der Waals surface area contributed by atoms with E-state index >= 15 is 0 Å². The van der Waals surface area contributed by atoms with E-state index in [1.54, 1.807) is 6.92 Å². The number of alkyl halides is 1. The van der Waals surface area contributed by atoms with Crippen LogP contribution in [0.5, 0.6) is 0 Å². The molecule has 0 aromatic heterocycles. The van der Waals surface area contributed by atoms with Crippen LogP contribution in [0.4, 0.5) is 8.78 Å². The van der Waals surface area contributed by atoms with Crippen LogP contribution in [0, 0.1) is 18.6 Å². The van der Waals surface area contributed by atoms with Crippen LogP contribution in [0.15, 0.2) is 42.5 Å². The van der Waals surface area contributed by atoms with E-state index < -0.39 is 22.8 Å². The number of ketones is 1. The first-order valence-corrected chi connectivity index (χ1v) is 6.12. The Bertz CT molecular complexity index is 608. The fourth-order valence-electron chi connectivity index (χ4n) is 1.68. The van der Waals surface area contributed by atoms with Gasteiger partial charge in [-0.3, -0.25) is 4.79 Å². The molecule has 0 aliphatic carbocycles. The zero-order chi connectivity index (χ0) is 14.0. The molecule has 2 aromatic carbocycles. The Balaban J connectivity index is 2.28. The van der Waals surface area contributed by atoms with Crippen molar-refractivity contribution in [1.82, 2.24) is 0 Å². The average molecular weight is 281 g/mol. The molecule has 2 rings (SSSR count). The highest BCUT2D eigenvalue weighted by Crippen LogP contribution is 2.26. The highest BCUT2D eigenvalue weighted by Gasteiger charge is 2.20. The summed E-state index contributed by atoms with van der Waals surface area (Å²) in [7, 11) is 0. The van der Waals surface area contributed by atoms with Crippen molar-refractivity contribution in [2.75, 3.05) is 0 Å². The molecule has 19 heavy (non-hydrogen) atoms. The van der Waals surface area contributed by atoms with Crippen molar-refractivity contribution in [3.05, 3.63) is 70.8 Å². The number of hydrogen-bond acceptors (Lipinski definition) is 1. The summed E-state index contributed by atoms with van der Waals surface area (Å²) < 4.78 is 26.2. The molecular weight excluding hydrogens is 270 g/mol. The summed E-state index contributed by atoms with van der Waals surface area (Å²) in [6.07, 6.45) is 0. The molecule has 1 unspecified atom stereocenters. The molecule has 0 saturated carbocycles. The molecule has 2 aromatic rings. The van der Waals surface area contributed by atoms with E-state index in [-0.39, 0.29) is 5.56 Å². The fraction of sp³-hybridized carbons (Fsp3) is 0.133. The summed E-state index contributed by atoms with van der Waals surface area (Å²) in [5.74, 6) is -1.26. The van der Waals surface area contributed by atoms with Gasteiger partial charge in [-0.2, -0.15) is 0 Å². The molecule has 0 amide bonds.